The second kappa shape index (κ2) is 8.58. The second-order valence-corrected chi connectivity index (χ2v) is 11.0. The first-order valence-corrected chi connectivity index (χ1v) is 13.0. The Morgan fingerprint density at radius 2 is 1.91 bits per heavy atom. The molecule has 2 saturated heterocycles. The van der Waals surface area contributed by atoms with Gasteiger partial charge in [0.05, 0.1) is 9.09 Å². The highest BCUT2D eigenvalue weighted by atomic mass is 32.2. The van der Waals surface area contributed by atoms with E-state index in [0.717, 1.165) is 65.4 Å². The van der Waals surface area contributed by atoms with Crippen molar-refractivity contribution < 1.29 is 14.4 Å². The molecular weight excluding hydrogens is 448 g/mol. The van der Waals surface area contributed by atoms with E-state index in [1.165, 1.54) is 22.3 Å². The van der Waals surface area contributed by atoms with E-state index in [2.05, 4.69) is 15.5 Å². The van der Waals surface area contributed by atoms with Gasteiger partial charge in [-0.15, -0.1) is 28.2 Å². The number of nitrogens with zero attached hydrogens (tertiary/aromatic N) is 6. The van der Waals surface area contributed by atoms with Crippen LogP contribution in [0.4, 0.5) is 0 Å². The fourth-order valence-corrected chi connectivity index (χ4v) is 7.30. The number of hydrogen-bond donors (Lipinski definition) is 0. The van der Waals surface area contributed by atoms with E-state index in [-0.39, 0.29) is 29.6 Å². The summed E-state index contributed by atoms with van der Waals surface area (Å²) in [4.78, 5) is 43.1. The molecule has 1 spiro atoms. The average Bonchev–Trinajstić information content (AvgIpc) is 3.53. The highest BCUT2D eigenvalue weighted by molar-refractivity contribution is 8.00. The molecule has 2 aromatic rings. The zero-order chi connectivity index (χ0) is 22.3. The molecule has 4 heterocycles. The summed E-state index contributed by atoms with van der Waals surface area (Å²) in [6, 6.07) is 0. The normalized spacial score (nSPS) is 20.1. The van der Waals surface area contributed by atoms with Crippen LogP contribution in [0.1, 0.15) is 57.7 Å². The molecule has 0 radical (unpaired) electrons. The summed E-state index contributed by atoms with van der Waals surface area (Å²) >= 11 is 3.06. The summed E-state index contributed by atoms with van der Waals surface area (Å²) in [6.45, 7) is 3.03. The Morgan fingerprint density at radius 3 is 2.59 bits per heavy atom. The van der Waals surface area contributed by atoms with E-state index in [1.807, 2.05) is 16.1 Å². The van der Waals surface area contributed by atoms with Crippen LogP contribution in [0, 0.1) is 5.41 Å². The van der Waals surface area contributed by atoms with Crippen LogP contribution in [0.15, 0.2) is 10.5 Å². The highest BCUT2D eigenvalue weighted by Crippen LogP contribution is 2.43. The number of thioether (sulfide) groups is 1. The molecule has 2 aliphatic heterocycles. The number of piperidine rings is 1. The molecule has 3 aliphatic rings. The molecule has 0 bridgehead atoms. The number of ketones is 1. The number of rotatable bonds is 4. The molecule has 5 rings (SSSR count). The van der Waals surface area contributed by atoms with Crippen LogP contribution in [0.3, 0.4) is 0 Å². The van der Waals surface area contributed by atoms with Crippen LogP contribution in [0.2, 0.25) is 0 Å². The molecular formula is C21H26N6O3S2. The maximum atomic E-state index is 13.5. The Balaban J connectivity index is 1.24. The topological polar surface area (TPSA) is 101 Å². The Hall–Kier alpha value is -2.27. The van der Waals surface area contributed by atoms with Crippen molar-refractivity contribution in [3.63, 3.8) is 0 Å². The Labute approximate surface area is 194 Å². The summed E-state index contributed by atoms with van der Waals surface area (Å²) in [6.07, 6.45) is 8.41. The first-order valence-electron chi connectivity index (χ1n) is 11.0. The summed E-state index contributed by atoms with van der Waals surface area (Å²) in [5, 5.41) is 10.9. The van der Waals surface area contributed by atoms with Gasteiger partial charge in [0.25, 0.3) is 5.91 Å². The van der Waals surface area contributed by atoms with E-state index in [9.17, 15) is 14.4 Å². The largest absolute Gasteiger partial charge is 0.341 e. The number of fused-ring (bicyclic) bond motifs is 1. The molecule has 32 heavy (non-hydrogen) atoms. The highest BCUT2D eigenvalue weighted by Gasteiger charge is 2.44. The molecule has 0 N–H and O–H groups in total. The van der Waals surface area contributed by atoms with Gasteiger partial charge in [0.1, 0.15) is 12.9 Å². The lowest BCUT2D eigenvalue weighted by molar-refractivity contribution is -0.134. The molecule has 0 saturated carbocycles. The maximum absolute atomic E-state index is 13.5. The van der Waals surface area contributed by atoms with Crippen LogP contribution in [-0.4, -0.2) is 80.0 Å². The molecule has 0 unspecified atom stereocenters. The van der Waals surface area contributed by atoms with Crippen LogP contribution < -0.4 is 0 Å². The zero-order valence-corrected chi connectivity index (χ0v) is 19.7. The van der Waals surface area contributed by atoms with Crippen LogP contribution in [0.25, 0.3) is 0 Å². The molecule has 2 aromatic heterocycles. The number of carbonyl (C=O) groups excluding carboxylic acids is 3. The number of amides is 2. The van der Waals surface area contributed by atoms with Crippen molar-refractivity contribution in [3.8, 4) is 0 Å². The minimum atomic E-state index is 0.0255. The number of likely N-dealkylation sites (tertiary alicyclic amines) is 2. The van der Waals surface area contributed by atoms with Crippen LogP contribution in [-0.2, 0) is 17.8 Å². The van der Waals surface area contributed by atoms with Gasteiger partial charge in [-0.05, 0) is 59.8 Å². The van der Waals surface area contributed by atoms with Crippen LogP contribution >= 0.6 is 23.1 Å². The lowest BCUT2D eigenvalue weighted by atomic mass is 9.78. The third-order valence-electron chi connectivity index (χ3n) is 7.05. The Bertz CT molecular complexity index is 1040. The number of carbonyl (C=O) groups is 3. The monoisotopic (exact) mass is 474 g/mol. The van der Waals surface area contributed by atoms with Gasteiger partial charge in [-0.2, -0.15) is 0 Å². The average molecular weight is 475 g/mol. The predicted octanol–water partition coefficient (Wildman–Crippen LogP) is 2.13. The third-order valence-corrected chi connectivity index (χ3v) is 9.39. The quantitative estimate of drug-likeness (QED) is 0.626. The predicted molar refractivity (Wildman–Crippen MR) is 120 cm³/mol. The summed E-state index contributed by atoms with van der Waals surface area (Å²) < 4.78 is 2.43. The third kappa shape index (κ3) is 3.85. The Morgan fingerprint density at radius 1 is 1.16 bits per heavy atom. The van der Waals surface area contributed by atoms with Gasteiger partial charge < -0.3 is 9.80 Å². The number of hydrogen-bond acceptors (Lipinski definition) is 8. The van der Waals surface area contributed by atoms with Gasteiger partial charge in [-0.1, -0.05) is 0 Å². The van der Waals surface area contributed by atoms with Gasteiger partial charge in [-0.3, -0.25) is 14.4 Å². The summed E-state index contributed by atoms with van der Waals surface area (Å²) in [5.74, 6) is 0.287. The van der Waals surface area contributed by atoms with E-state index < -0.39 is 0 Å². The van der Waals surface area contributed by atoms with Gasteiger partial charge in [0, 0.05) is 38.2 Å². The van der Waals surface area contributed by atoms with Crippen molar-refractivity contribution in [3.05, 3.63) is 22.3 Å². The van der Waals surface area contributed by atoms with Crippen molar-refractivity contribution in [2.75, 3.05) is 32.4 Å². The molecule has 2 fully saturated rings. The van der Waals surface area contributed by atoms with Gasteiger partial charge in [0.15, 0.2) is 5.78 Å². The fourth-order valence-electron chi connectivity index (χ4n) is 5.21. The smallest absolute Gasteiger partial charge is 0.264 e. The standard InChI is InChI=1S/C21H26N6O3S2/c1-31-20-17-14(3-2-4-15(17)28)18(32-20)19(30)26-10-7-21(12-26)5-8-25(9-6-21)16(29)11-27-13-22-23-24-27/h13H,2-12H2,1H3. The molecule has 170 valence electrons. The summed E-state index contributed by atoms with van der Waals surface area (Å²) in [5.41, 5.74) is 1.86. The van der Waals surface area contributed by atoms with E-state index in [0.29, 0.717) is 19.5 Å². The maximum Gasteiger partial charge on any atom is 0.264 e. The molecule has 9 nitrogen and oxygen atoms in total. The summed E-state index contributed by atoms with van der Waals surface area (Å²) in [7, 11) is 0. The van der Waals surface area contributed by atoms with E-state index in [4.69, 9.17) is 0 Å². The second-order valence-electron chi connectivity index (χ2n) is 8.92. The lowest BCUT2D eigenvalue weighted by Crippen LogP contribution is -2.45. The number of thiophene rings is 1. The van der Waals surface area contributed by atoms with E-state index >= 15 is 0 Å². The molecule has 2 amide bonds. The first-order chi connectivity index (χ1) is 15.5. The first kappa shape index (κ1) is 21.6. The lowest BCUT2D eigenvalue weighted by Gasteiger charge is -2.39. The molecule has 0 atom stereocenters. The van der Waals surface area contributed by atoms with E-state index in [1.54, 1.807) is 11.8 Å². The number of aromatic nitrogens is 4. The zero-order valence-electron chi connectivity index (χ0n) is 18.1. The molecule has 1 aliphatic carbocycles. The minimum Gasteiger partial charge on any atom is -0.341 e. The Kier molecular flexibility index (Phi) is 5.79. The van der Waals surface area contributed by atoms with Crippen molar-refractivity contribution in [1.29, 1.82) is 0 Å². The SMILES string of the molecule is CSc1sc(C(=O)N2CCC3(CCN(C(=O)Cn4cnnn4)CC3)C2)c2c1C(=O)CCC2. The van der Waals surface area contributed by atoms with Crippen molar-refractivity contribution in [2.24, 2.45) is 5.41 Å². The molecule has 11 heteroatoms. The van der Waals surface area contributed by atoms with Crippen molar-refractivity contribution in [1.82, 2.24) is 30.0 Å². The number of Topliss-reactive ketones (excluding diaryl/α,β-unsaturated/α-hetero) is 1. The van der Waals surface area contributed by atoms with Crippen LogP contribution in [0.5, 0.6) is 0 Å². The molecule has 0 aromatic carbocycles. The van der Waals surface area contributed by atoms with Crippen molar-refractivity contribution >= 4 is 40.7 Å². The van der Waals surface area contributed by atoms with Crippen molar-refractivity contribution in [2.45, 2.75) is 49.3 Å². The van der Waals surface area contributed by atoms with Gasteiger partial charge in [0.2, 0.25) is 5.91 Å². The van der Waals surface area contributed by atoms with Gasteiger partial charge in [-0.25, -0.2) is 4.68 Å². The minimum absolute atomic E-state index is 0.0255. The van der Waals surface area contributed by atoms with Gasteiger partial charge >= 0.3 is 0 Å². The number of tetrazole rings is 1. The fraction of sp³-hybridized carbons (Fsp3) is 0.619.